The van der Waals surface area contributed by atoms with Gasteiger partial charge in [0.15, 0.2) is 5.16 Å². The molecule has 1 atom stereocenters. The fourth-order valence-corrected chi connectivity index (χ4v) is 2.90. The highest BCUT2D eigenvalue weighted by Gasteiger charge is 2.21. The molecule has 1 N–H and O–H groups in total. The third-order valence-electron chi connectivity index (χ3n) is 2.67. The Morgan fingerprint density at radius 2 is 2.14 bits per heavy atom. The number of carboxylic acids is 1. The molecule has 0 saturated heterocycles. The Balaban J connectivity index is 2.15. The van der Waals surface area contributed by atoms with Gasteiger partial charge in [0.05, 0.1) is 11.6 Å². The number of rotatable bonds is 6. The summed E-state index contributed by atoms with van der Waals surface area (Å²) < 4.78 is 5.72. The van der Waals surface area contributed by atoms with E-state index in [1.807, 2.05) is 30.3 Å². The van der Waals surface area contributed by atoms with Crippen molar-refractivity contribution in [3.8, 4) is 5.88 Å². The topological polar surface area (TPSA) is 72.3 Å². The van der Waals surface area contributed by atoms with Gasteiger partial charge in [0.1, 0.15) is 5.25 Å². The van der Waals surface area contributed by atoms with Crippen molar-refractivity contribution in [2.45, 2.75) is 16.8 Å². The molecule has 0 aliphatic heterocycles. The van der Waals surface area contributed by atoms with E-state index in [9.17, 15) is 9.90 Å². The third kappa shape index (κ3) is 4.44. The Kier molecular flexibility index (Phi) is 5.58. The van der Waals surface area contributed by atoms with Crippen molar-refractivity contribution in [3.05, 3.63) is 46.6 Å². The molecule has 0 fully saturated rings. The van der Waals surface area contributed by atoms with E-state index >= 15 is 0 Å². The molecule has 2 rings (SSSR count). The number of carboxylic acid groups (broad SMARTS) is 1. The minimum Gasteiger partial charge on any atom is -0.480 e. The van der Waals surface area contributed by atoms with Gasteiger partial charge in [0.25, 0.3) is 0 Å². The maximum absolute atomic E-state index is 11.4. The average Bonchev–Trinajstić information content (AvgIpc) is 2.49. The second-order valence-corrected chi connectivity index (χ2v) is 6.17. The Morgan fingerprint density at radius 1 is 1.43 bits per heavy atom. The Labute approximate surface area is 134 Å². The zero-order chi connectivity index (χ0) is 15.2. The number of aliphatic carboxylic acids is 1. The van der Waals surface area contributed by atoms with E-state index in [0.717, 1.165) is 17.3 Å². The van der Waals surface area contributed by atoms with Gasteiger partial charge < -0.3 is 9.84 Å². The summed E-state index contributed by atoms with van der Waals surface area (Å²) in [6.07, 6.45) is 1.96. The molecular weight excluding hydrogens is 356 g/mol. The second-order valence-electron chi connectivity index (χ2n) is 4.14. The first-order chi connectivity index (χ1) is 10.1. The van der Waals surface area contributed by atoms with Crippen molar-refractivity contribution in [2.24, 2.45) is 0 Å². The number of benzene rings is 1. The SMILES string of the molecule is COc1nc(SC(Cc2ccccc2)C(=O)O)ncc1Br. The molecule has 1 heterocycles. The fourth-order valence-electron chi connectivity index (χ4n) is 1.67. The van der Waals surface area contributed by atoms with E-state index in [0.29, 0.717) is 21.9 Å². The van der Waals surface area contributed by atoms with Crippen LogP contribution in [0.3, 0.4) is 0 Å². The van der Waals surface area contributed by atoms with Crippen molar-refractivity contribution in [1.82, 2.24) is 9.97 Å². The molecule has 21 heavy (non-hydrogen) atoms. The number of ether oxygens (including phenoxy) is 1. The molecule has 2 aromatic rings. The maximum atomic E-state index is 11.4. The van der Waals surface area contributed by atoms with Crippen molar-refractivity contribution in [1.29, 1.82) is 0 Å². The summed E-state index contributed by atoms with van der Waals surface area (Å²) in [5.74, 6) is -0.509. The molecule has 0 aliphatic carbocycles. The largest absolute Gasteiger partial charge is 0.480 e. The summed E-state index contributed by atoms with van der Waals surface area (Å²) in [5, 5.41) is 9.08. The van der Waals surface area contributed by atoms with Gasteiger partial charge in [0.2, 0.25) is 5.88 Å². The molecule has 0 bridgehead atoms. The lowest BCUT2D eigenvalue weighted by Crippen LogP contribution is -2.19. The molecule has 5 nitrogen and oxygen atoms in total. The normalized spacial score (nSPS) is 11.9. The molecule has 0 radical (unpaired) electrons. The van der Waals surface area contributed by atoms with Crippen LogP contribution in [0, 0.1) is 0 Å². The first-order valence-electron chi connectivity index (χ1n) is 6.10. The summed E-state index contributed by atoms with van der Waals surface area (Å²) in [5.41, 5.74) is 0.960. The summed E-state index contributed by atoms with van der Waals surface area (Å²) in [6.45, 7) is 0. The van der Waals surface area contributed by atoms with Crippen LogP contribution in [-0.2, 0) is 11.2 Å². The van der Waals surface area contributed by atoms with E-state index in [1.54, 1.807) is 6.20 Å². The Morgan fingerprint density at radius 3 is 2.76 bits per heavy atom. The molecule has 0 saturated carbocycles. The van der Waals surface area contributed by atoms with Gasteiger partial charge in [-0.25, -0.2) is 4.98 Å². The van der Waals surface area contributed by atoms with Crippen LogP contribution >= 0.6 is 27.7 Å². The average molecular weight is 369 g/mol. The molecule has 0 amide bonds. The van der Waals surface area contributed by atoms with E-state index < -0.39 is 11.2 Å². The van der Waals surface area contributed by atoms with Gasteiger partial charge in [-0.3, -0.25) is 4.79 Å². The highest BCUT2D eigenvalue weighted by Crippen LogP contribution is 2.28. The first kappa shape index (κ1) is 15.8. The van der Waals surface area contributed by atoms with Crippen LogP contribution in [0.2, 0.25) is 0 Å². The van der Waals surface area contributed by atoms with Crippen LogP contribution < -0.4 is 4.74 Å². The standard InChI is InChI=1S/C14H13BrN2O3S/c1-20-12-10(15)8-16-14(17-12)21-11(13(18)19)7-9-5-3-2-4-6-9/h2-6,8,11H,7H2,1H3,(H,18,19). The highest BCUT2D eigenvalue weighted by atomic mass is 79.9. The number of hydrogen-bond acceptors (Lipinski definition) is 5. The Bertz CT molecular complexity index is 625. The van der Waals surface area contributed by atoms with Crippen LogP contribution in [0.5, 0.6) is 5.88 Å². The van der Waals surface area contributed by atoms with Crippen molar-refractivity contribution < 1.29 is 14.6 Å². The lowest BCUT2D eigenvalue weighted by Gasteiger charge is -2.11. The first-order valence-corrected chi connectivity index (χ1v) is 7.77. The predicted molar refractivity (Wildman–Crippen MR) is 83.7 cm³/mol. The summed E-state index contributed by atoms with van der Waals surface area (Å²) >= 11 is 4.37. The van der Waals surface area contributed by atoms with E-state index in [1.165, 1.54) is 7.11 Å². The zero-order valence-electron chi connectivity index (χ0n) is 11.2. The highest BCUT2D eigenvalue weighted by molar-refractivity contribution is 9.10. The molecule has 0 spiro atoms. The number of aromatic nitrogens is 2. The van der Waals surface area contributed by atoms with Crippen LogP contribution in [0.25, 0.3) is 0 Å². The molecule has 7 heteroatoms. The molecule has 1 aromatic heterocycles. The van der Waals surface area contributed by atoms with Gasteiger partial charge in [-0.2, -0.15) is 4.98 Å². The Hall–Kier alpha value is -1.60. The van der Waals surface area contributed by atoms with E-state index in [4.69, 9.17) is 4.74 Å². The van der Waals surface area contributed by atoms with Gasteiger partial charge in [-0.05, 0) is 27.9 Å². The molecular formula is C14H13BrN2O3S. The van der Waals surface area contributed by atoms with Crippen molar-refractivity contribution in [2.75, 3.05) is 7.11 Å². The lowest BCUT2D eigenvalue weighted by atomic mass is 10.1. The number of nitrogens with zero attached hydrogens (tertiary/aromatic N) is 2. The third-order valence-corrected chi connectivity index (χ3v) is 4.27. The van der Waals surface area contributed by atoms with Crippen molar-refractivity contribution >= 4 is 33.7 Å². The molecule has 0 aliphatic rings. The molecule has 1 unspecified atom stereocenters. The zero-order valence-corrected chi connectivity index (χ0v) is 13.6. The summed E-state index contributed by atoms with van der Waals surface area (Å²) in [7, 11) is 1.50. The predicted octanol–water partition coefficient (Wildman–Crippen LogP) is 3.04. The smallest absolute Gasteiger partial charge is 0.317 e. The van der Waals surface area contributed by atoms with Crippen LogP contribution in [0.4, 0.5) is 0 Å². The van der Waals surface area contributed by atoms with Crippen LogP contribution in [-0.4, -0.2) is 33.4 Å². The molecule has 1 aromatic carbocycles. The number of halogens is 1. The van der Waals surface area contributed by atoms with Gasteiger partial charge in [-0.1, -0.05) is 42.1 Å². The number of thioether (sulfide) groups is 1. The maximum Gasteiger partial charge on any atom is 0.317 e. The number of carbonyl (C=O) groups is 1. The molecule has 110 valence electrons. The number of hydrogen-bond donors (Lipinski definition) is 1. The van der Waals surface area contributed by atoms with Gasteiger partial charge in [-0.15, -0.1) is 0 Å². The summed E-state index contributed by atoms with van der Waals surface area (Å²) in [4.78, 5) is 19.7. The van der Waals surface area contributed by atoms with E-state index in [2.05, 4.69) is 25.9 Å². The van der Waals surface area contributed by atoms with E-state index in [-0.39, 0.29) is 0 Å². The minimum absolute atomic E-state index is 0.374. The van der Waals surface area contributed by atoms with Crippen LogP contribution in [0.1, 0.15) is 5.56 Å². The minimum atomic E-state index is -0.894. The second kappa shape index (κ2) is 7.42. The van der Waals surface area contributed by atoms with Crippen molar-refractivity contribution in [3.63, 3.8) is 0 Å². The fraction of sp³-hybridized carbons (Fsp3) is 0.214. The van der Waals surface area contributed by atoms with Crippen LogP contribution in [0.15, 0.2) is 46.2 Å². The van der Waals surface area contributed by atoms with Gasteiger partial charge in [0, 0.05) is 6.20 Å². The monoisotopic (exact) mass is 368 g/mol. The summed E-state index contributed by atoms with van der Waals surface area (Å²) in [6, 6.07) is 9.48. The van der Waals surface area contributed by atoms with Gasteiger partial charge >= 0.3 is 5.97 Å². The quantitative estimate of drug-likeness (QED) is 0.623. The number of methoxy groups -OCH3 is 1. The lowest BCUT2D eigenvalue weighted by molar-refractivity contribution is -0.136.